The number of fused-ring (bicyclic) bond motifs is 1. The van der Waals surface area contributed by atoms with Gasteiger partial charge in [0.2, 0.25) is 5.91 Å². The van der Waals surface area contributed by atoms with Gasteiger partial charge < -0.3 is 9.64 Å². The fourth-order valence-corrected chi connectivity index (χ4v) is 4.99. The molecule has 0 N–H and O–H groups in total. The highest BCUT2D eigenvalue weighted by molar-refractivity contribution is 7.20. The van der Waals surface area contributed by atoms with E-state index in [4.69, 9.17) is 9.72 Å². The van der Waals surface area contributed by atoms with Crippen LogP contribution >= 0.6 is 11.3 Å². The number of ether oxygens (including phenoxy) is 1. The molecule has 5 heteroatoms. The van der Waals surface area contributed by atoms with E-state index in [0.717, 1.165) is 42.2 Å². The van der Waals surface area contributed by atoms with E-state index in [2.05, 4.69) is 64.1 Å². The van der Waals surface area contributed by atoms with Crippen molar-refractivity contribution in [2.75, 3.05) is 13.1 Å². The smallest absolute Gasteiger partial charge is 0.274 e. The minimum atomic E-state index is 0.126. The summed E-state index contributed by atoms with van der Waals surface area (Å²) < 4.78 is 7.41. The Kier molecular flexibility index (Phi) is 6.09. The third-order valence-corrected chi connectivity index (χ3v) is 7.07. The average molecular weight is 423 g/mol. The molecule has 1 amide bonds. The first-order valence-corrected chi connectivity index (χ1v) is 11.6. The fraction of sp³-hybridized carbons (Fsp3) is 0.440. The van der Waals surface area contributed by atoms with Crippen LogP contribution in [0.15, 0.2) is 36.4 Å². The lowest BCUT2D eigenvalue weighted by molar-refractivity contribution is -0.132. The number of piperidine rings is 1. The van der Waals surface area contributed by atoms with Gasteiger partial charge in [0.15, 0.2) is 0 Å². The van der Waals surface area contributed by atoms with Crippen molar-refractivity contribution in [3.8, 4) is 5.19 Å². The molecule has 1 aliphatic heterocycles. The molecule has 30 heavy (non-hydrogen) atoms. The van der Waals surface area contributed by atoms with Crippen LogP contribution in [-0.2, 0) is 11.2 Å². The molecule has 3 aromatic rings. The van der Waals surface area contributed by atoms with Gasteiger partial charge in [0, 0.05) is 25.9 Å². The van der Waals surface area contributed by atoms with Gasteiger partial charge in [-0.2, -0.15) is 0 Å². The lowest BCUT2D eigenvalue weighted by Crippen LogP contribution is -2.42. The van der Waals surface area contributed by atoms with Gasteiger partial charge in [-0.3, -0.25) is 4.79 Å². The Labute approximate surface area is 182 Å². The second-order valence-electron chi connectivity index (χ2n) is 8.63. The Morgan fingerprint density at radius 2 is 1.77 bits per heavy atom. The van der Waals surface area contributed by atoms with E-state index in [1.807, 2.05) is 4.90 Å². The Morgan fingerprint density at radius 1 is 1.10 bits per heavy atom. The molecule has 1 aromatic heterocycles. The van der Waals surface area contributed by atoms with Crippen LogP contribution in [0.3, 0.4) is 0 Å². The molecule has 0 spiro atoms. The highest BCUT2D eigenvalue weighted by Crippen LogP contribution is 2.33. The molecule has 0 aliphatic carbocycles. The molecule has 0 saturated carbocycles. The third kappa shape index (κ3) is 4.51. The molecule has 0 atom stereocenters. The van der Waals surface area contributed by atoms with E-state index >= 15 is 0 Å². The molecule has 1 saturated heterocycles. The van der Waals surface area contributed by atoms with Crippen molar-refractivity contribution < 1.29 is 9.53 Å². The Bertz CT molecular complexity index is 992. The van der Waals surface area contributed by atoms with Crippen molar-refractivity contribution >= 4 is 27.5 Å². The first kappa shape index (κ1) is 20.9. The summed E-state index contributed by atoms with van der Waals surface area (Å²) in [5.41, 5.74) is 5.87. The normalized spacial score (nSPS) is 15.2. The second-order valence-corrected chi connectivity index (χ2v) is 9.59. The van der Waals surface area contributed by atoms with Gasteiger partial charge in [0.05, 0.1) is 16.6 Å². The van der Waals surface area contributed by atoms with Crippen LogP contribution in [0.4, 0.5) is 0 Å². The van der Waals surface area contributed by atoms with Crippen LogP contribution in [0.1, 0.15) is 54.9 Å². The van der Waals surface area contributed by atoms with Crippen molar-refractivity contribution in [3.05, 3.63) is 58.7 Å². The molecule has 1 aliphatic rings. The summed E-state index contributed by atoms with van der Waals surface area (Å²) in [6.45, 7) is 10.1. The van der Waals surface area contributed by atoms with Crippen LogP contribution in [0, 0.1) is 13.8 Å². The summed E-state index contributed by atoms with van der Waals surface area (Å²) >= 11 is 1.63. The maximum Gasteiger partial charge on any atom is 0.274 e. The molecule has 0 radical (unpaired) electrons. The second kappa shape index (κ2) is 8.76. The topological polar surface area (TPSA) is 42.4 Å². The molecule has 2 heterocycles. The van der Waals surface area contributed by atoms with E-state index < -0.39 is 0 Å². The average Bonchev–Trinajstić information content (AvgIpc) is 3.17. The quantitative estimate of drug-likeness (QED) is 0.534. The predicted octanol–water partition coefficient (Wildman–Crippen LogP) is 5.65. The van der Waals surface area contributed by atoms with Crippen molar-refractivity contribution in [2.45, 2.75) is 59.0 Å². The Hall–Kier alpha value is -2.40. The number of hydrogen-bond donors (Lipinski definition) is 0. The third-order valence-electron chi connectivity index (χ3n) is 5.99. The van der Waals surface area contributed by atoms with Crippen molar-refractivity contribution in [2.24, 2.45) is 0 Å². The summed E-state index contributed by atoms with van der Waals surface area (Å²) in [5.74, 6) is 0.717. The van der Waals surface area contributed by atoms with Gasteiger partial charge in [0.25, 0.3) is 5.19 Å². The summed E-state index contributed by atoms with van der Waals surface area (Å²) in [5, 5.41) is 0.748. The standard InChI is InChI=1S/C25H30N2O2S/c1-16(2)20-9-7-19(8-10-20)15-22(28)27-13-11-21(12-14-27)29-25-26-23-17(3)5-6-18(4)24(23)30-25/h5-10,16,21H,11-15H2,1-4H3. The lowest BCUT2D eigenvalue weighted by Gasteiger charge is -2.31. The van der Waals surface area contributed by atoms with Crippen LogP contribution in [-0.4, -0.2) is 35.0 Å². The first-order valence-electron chi connectivity index (χ1n) is 10.8. The number of thiazole rings is 1. The van der Waals surface area contributed by atoms with Gasteiger partial charge >= 0.3 is 0 Å². The zero-order chi connectivity index (χ0) is 21.3. The van der Waals surface area contributed by atoms with Crippen LogP contribution in [0.2, 0.25) is 0 Å². The SMILES string of the molecule is Cc1ccc(C)c2sc(OC3CCN(C(=O)Cc4ccc(C(C)C)cc4)CC3)nc12. The molecule has 1 fully saturated rings. The van der Waals surface area contributed by atoms with Gasteiger partial charge in [-0.1, -0.05) is 61.6 Å². The van der Waals surface area contributed by atoms with E-state index in [-0.39, 0.29) is 12.0 Å². The number of benzene rings is 2. The molecular formula is C25H30N2O2S. The molecule has 4 rings (SSSR count). The first-order chi connectivity index (χ1) is 14.4. The summed E-state index contributed by atoms with van der Waals surface area (Å²) in [7, 11) is 0. The number of likely N-dealkylation sites (tertiary alicyclic amines) is 1. The van der Waals surface area contributed by atoms with Gasteiger partial charge in [-0.25, -0.2) is 4.98 Å². The van der Waals surface area contributed by atoms with E-state index in [1.54, 1.807) is 11.3 Å². The minimum absolute atomic E-state index is 0.126. The summed E-state index contributed by atoms with van der Waals surface area (Å²) in [4.78, 5) is 19.4. The highest BCUT2D eigenvalue weighted by atomic mass is 32.1. The van der Waals surface area contributed by atoms with Gasteiger partial charge in [0.1, 0.15) is 6.10 Å². The van der Waals surface area contributed by atoms with Crippen LogP contribution in [0.5, 0.6) is 5.19 Å². The van der Waals surface area contributed by atoms with Crippen molar-refractivity contribution in [1.82, 2.24) is 9.88 Å². The summed E-state index contributed by atoms with van der Waals surface area (Å²) in [6.07, 6.45) is 2.30. The number of carbonyl (C=O) groups excluding carboxylic acids is 1. The Morgan fingerprint density at radius 3 is 2.40 bits per heavy atom. The number of rotatable bonds is 5. The molecule has 158 valence electrons. The zero-order valence-electron chi connectivity index (χ0n) is 18.3. The molecular weight excluding hydrogens is 392 g/mol. The van der Waals surface area contributed by atoms with Crippen LogP contribution in [0.25, 0.3) is 10.2 Å². The number of nitrogens with zero attached hydrogens (tertiary/aromatic N) is 2. The molecule has 4 nitrogen and oxygen atoms in total. The lowest BCUT2D eigenvalue weighted by atomic mass is 10.0. The van der Waals surface area contributed by atoms with E-state index in [0.29, 0.717) is 12.3 Å². The molecule has 0 unspecified atom stereocenters. The van der Waals surface area contributed by atoms with Crippen molar-refractivity contribution in [1.29, 1.82) is 0 Å². The predicted molar refractivity (Wildman–Crippen MR) is 124 cm³/mol. The molecule has 2 aromatic carbocycles. The monoisotopic (exact) mass is 422 g/mol. The number of carbonyl (C=O) groups is 1. The fourth-order valence-electron chi connectivity index (χ4n) is 3.96. The van der Waals surface area contributed by atoms with Gasteiger partial charge in [-0.15, -0.1) is 0 Å². The maximum absolute atomic E-state index is 12.7. The minimum Gasteiger partial charge on any atom is -0.467 e. The summed E-state index contributed by atoms with van der Waals surface area (Å²) in [6, 6.07) is 12.7. The largest absolute Gasteiger partial charge is 0.467 e. The zero-order valence-corrected chi connectivity index (χ0v) is 19.1. The number of aryl methyl sites for hydroxylation is 2. The maximum atomic E-state index is 12.7. The van der Waals surface area contributed by atoms with E-state index in [9.17, 15) is 4.79 Å². The number of hydrogen-bond acceptors (Lipinski definition) is 4. The number of amides is 1. The molecule has 0 bridgehead atoms. The highest BCUT2D eigenvalue weighted by Gasteiger charge is 2.25. The van der Waals surface area contributed by atoms with Crippen LogP contribution < -0.4 is 4.74 Å². The van der Waals surface area contributed by atoms with E-state index in [1.165, 1.54) is 21.4 Å². The Balaban J connectivity index is 1.32. The van der Waals surface area contributed by atoms with Gasteiger partial charge in [-0.05, 0) is 42.0 Å². The van der Waals surface area contributed by atoms with Crippen molar-refractivity contribution in [3.63, 3.8) is 0 Å². The number of aromatic nitrogens is 1.